The number of carbonyl (C=O) groups excluding carboxylic acids is 1. The molecule has 0 heterocycles. The quantitative estimate of drug-likeness (QED) is 0.496. The van der Waals surface area contributed by atoms with Gasteiger partial charge in [0.2, 0.25) is 0 Å². The van der Waals surface area contributed by atoms with Crippen LogP contribution in [0.5, 0.6) is 0 Å². The Morgan fingerprint density at radius 3 is 2.30 bits per heavy atom. The fraction of sp³-hybridized carbons (Fsp3) is 0.462. The summed E-state index contributed by atoms with van der Waals surface area (Å²) in [5.74, 6) is -0.479. The molecule has 0 aromatic heterocycles. The normalized spacial score (nSPS) is 11.6. The van der Waals surface area contributed by atoms with Gasteiger partial charge in [0, 0.05) is 24.2 Å². The number of halogens is 1. The Balaban J connectivity index is 0.00000361. The Bertz CT molecular complexity index is 448. The van der Waals surface area contributed by atoms with E-state index in [1.807, 2.05) is 20.8 Å². The highest BCUT2D eigenvalue weighted by Crippen LogP contribution is 2.12. The number of ether oxygens (including phenoxy) is 1. The molecule has 20 heavy (non-hydrogen) atoms. The van der Waals surface area contributed by atoms with Crippen molar-refractivity contribution < 1.29 is 14.5 Å². The molecular formula is C13H19ClN2O4. The van der Waals surface area contributed by atoms with Crippen LogP contribution in [0.2, 0.25) is 0 Å². The molecule has 0 spiro atoms. The van der Waals surface area contributed by atoms with Gasteiger partial charge in [-0.3, -0.25) is 10.1 Å². The second-order valence-electron chi connectivity index (χ2n) is 4.62. The van der Waals surface area contributed by atoms with Gasteiger partial charge in [0.25, 0.3) is 5.69 Å². The molecule has 0 bridgehead atoms. The van der Waals surface area contributed by atoms with Gasteiger partial charge in [0.05, 0.1) is 10.5 Å². The highest BCUT2D eigenvalue weighted by atomic mass is 35.5. The van der Waals surface area contributed by atoms with Gasteiger partial charge in [0.1, 0.15) is 6.61 Å². The first-order chi connectivity index (χ1) is 8.90. The summed E-state index contributed by atoms with van der Waals surface area (Å²) in [4.78, 5) is 21.7. The summed E-state index contributed by atoms with van der Waals surface area (Å²) in [6.07, 6.45) is 0. The van der Waals surface area contributed by atoms with Crippen LogP contribution in [-0.2, 0) is 4.74 Å². The van der Waals surface area contributed by atoms with E-state index in [0.717, 1.165) is 0 Å². The van der Waals surface area contributed by atoms with Gasteiger partial charge in [-0.2, -0.15) is 0 Å². The van der Waals surface area contributed by atoms with Gasteiger partial charge in [-0.1, -0.05) is 13.8 Å². The van der Waals surface area contributed by atoms with Crippen molar-refractivity contribution >= 4 is 24.1 Å². The van der Waals surface area contributed by atoms with E-state index in [1.54, 1.807) is 0 Å². The van der Waals surface area contributed by atoms with Crippen LogP contribution in [0, 0.1) is 10.1 Å². The lowest BCUT2D eigenvalue weighted by Gasteiger charge is -2.16. The predicted molar refractivity (Wildman–Crippen MR) is 78.4 cm³/mol. The highest BCUT2D eigenvalue weighted by molar-refractivity contribution is 5.89. The second-order valence-corrected chi connectivity index (χ2v) is 4.62. The van der Waals surface area contributed by atoms with E-state index in [4.69, 9.17) is 4.74 Å². The third-order valence-electron chi connectivity index (χ3n) is 2.40. The van der Waals surface area contributed by atoms with E-state index in [-0.39, 0.29) is 30.7 Å². The number of hydrogen-bond donors (Lipinski definition) is 1. The number of nitrogens with zero attached hydrogens (tertiary/aromatic N) is 1. The third kappa shape index (κ3) is 5.99. The molecule has 1 rings (SSSR count). The molecule has 0 amide bonds. The number of nitro groups is 1. The van der Waals surface area contributed by atoms with E-state index >= 15 is 0 Å². The molecule has 0 saturated heterocycles. The fourth-order valence-electron chi connectivity index (χ4n) is 1.62. The van der Waals surface area contributed by atoms with Crippen molar-refractivity contribution in [3.63, 3.8) is 0 Å². The average molecular weight is 303 g/mol. The van der Waals surface area contributed by atoms with E-state index in [1.165, 1.54) is 24.3 Å². The minimum absolute atomic E-state index is 0. The summed E-state index contributed by atoms with van der Waals surface area (Å²) in [6, 6.07) is 5.72. The standard InChI is InChI=1S/C13H18N2O4.ClH/c1-9(2)14-10(3)8-19-13(16)11-4-6-12(7-5-11)15(17)18;/h4-7,9-10,14H,8H2,1-3H3;1H/t10-;/m0./s1. The van der Waals surface area contributed by atoms with Gasteiger partial charge in [-0.25, -0.2) is 4.79 Å². The number of rotatable bonds is 6. The van der Waals surface area contributed by atoms with Gasteiger partial charge in [-0.15, -0.1) is 12.4 Å². The van der Waals surface area contributed by atoms with Crippen molar-refractivity contribution in [3.8, 4) is 0 Å². The first-order valence-corrected chi connectivity index (χ1v) is 6.07. The number of non-ortho nitro benzene ring substituents is 1. The molecule has 0 aliphatic heterocycles. The van der Waals surface area contributed by atoms with Gasteiger partial charge < -0.3 is 10.1 Å². The lowest BCUT2D eigenvalue weighted by atomic mass is 10.2. The molecule has 0 unspecified atom stereocenters. The Hall–Kier alpha value is -1.66. The van der Waals surface area contributed by atoms with Crippen LogP contribution in [-0.4, -0.2) is 29.6 Å². The number of nitro benzene ring substituents is 1. The van der Waals surface area contributed by atoms with Gasteiger partial charge in [0.15, 0.2) is 0 Å². The molecule has 0 saturated carbocycles. The molecule has 1 N–H and O–H groups in total. The van der Waals surface area contributed by atoms with Crippen molar-refractivity contribution in [3.05, 3.63) is 39.9 Å². The van der Waals surface area contributed by atoms with Crippen molar-refractivity contribution in [2.45, 2.75) is 32.9 Å². The maximum atomic E-state index is 11.7. The number of hydrogen-bond acceptors (Lipinski definition) is 5. The summed E-state index contributed by atoms with van der Waals surface area (Å²) in [7, 11) is 0. The number of esters is 1. The maximum Gasteiger partial charge on any atom is 0.338 e. The van der Waals surface area contributed by atoms with Crippen molar-refractivity contribution in [1.29, 1.82) is 0 Å². The van der Waals surface area contributed by atoms with Crippen LogP contribution in [0.1, 0.15) is 31.1 Å². The summed E-state index contributed by atoms with van der Waals surface area (Å²) in [6.45, 7) is 6.19. The Morgan fingerprint density at radius 1 is 1.30 bits per heavy atom. The minimum Gasteiger partial charge on any atom is -0.460 e. The summed E-state index contributed by atoms with van der Waals surface area (Å²) < 4.78 is 5.12. The molecular weight excluding hydrogens is 284 g/mol. The molecule has 0 fully saturated rings. The largest absolute Gasteiger partial charge is 0.460 e. The molecule has 112 valence electrons. The van der Waals surface area contributed by atoms with E-state index < -0.39 is 10.9 Å². The van der Waals surface area contributed by atoms with Crippen molar-refractivity contribution in [2.75, 3.05) is 6.61 Å². The molecule has 0 aliphatic carbocycles. The molecule has 6 nitrogen and oxygen atoms in total. The van der Waals surface area contributed by atoms with E-state index in [9.17, 15) is 14.9 Å². The zero-order chi connectivity index (χ0) is 14.4. The first-order valence-electron chi connectivity index (χ1n) is 6.07. The van der Waals surface area contributed by atoms with Gasteiger partial charge >= 0.3 is 5.97 Å². The highest BCUT2D eigenvalue weighted by Gasteiger charge is 2.12. The van der Waals surface area contributed by atoms with Crippen LogP contribution < -0.4 is 5.32 Å². The molecule has 1 aromatic rings. The predicted octanol–water partition coefficient (Wildman–Crippen LogP) is 2.56. The van der Waals surface area contributed by atoms with Crippen LogP contribution in [0.3, 0.4) is 0 Å². The van der Waals surface area contributed by atoms with Crippen LogP contribution >= 0.6 is 12.4 Å². The zero-order valence-corrected chi connectivity index (χ0v) is 12.5. The molecule has 1 atom stereocenters. The van der Waals surface area contributed by atoms with Crippen LogP contribution in [0.4, 0.5) is 5.69 Å². The van der Waals surface area contributed by atoms with Crippen molar-refractivity contribution in [2.24, 2.45) is 0 Å². The Kier molecular flexibility index (Phi) is 7.79. The SMILES string of the molecule is CC(C)N[C@@H](C)COC(=O)c1ccc([N+](=O)[O-])cc1.Cl. The van der Waals surface area contributed by atoms with Crippen LogP contribution in [0.25, 0.3) is 0 Å². The van der Waals surface area contributed by atoms with E-state index in [0.29, 0.717) is 11.6 Å². The minimum atomic E-state index is -0.510. The summed E-state index contributed by atoms with van der Waals surface area (Å²) in [5.41, 5.74) is 0.258. The Morgan fingerprint density at radius 2 is 1.85 bits per heavy atom. The van der Waals surface area contributed by atoms with E-state index in [2.05, 4.69) is 5.32 Å². The van der Waals surface area contributed by atoms with Crippen LogP contribution in [0.15, 0.2) is 24.3 Å². The van der Waals surface area contributed by atoms with Crippen molar-refractivity contribution in [1.82, 2.24) is 5.32 Å². The summed E-state index contributed by atoms with van der Waals surface area (Å²) >= 11 is 0. The topological polar surface area (TPSA) is 81.5 Å². The number of benzene rings is 1. The maximum absolute atomic E-state index is 11.7. The molecule has 0 radical (unpaired) electrons. The second kappa shape index (κ2) is 8.50. The monoisotopic (exact) mass is 302 g/mol. The molecule has 0 aliphatic rings. The third-order valence-corrected chi connectivity index (χ3v) is 2.40. The molecule has 7 heteroatoms. The lowest BCUT2D eigenvalue weighted by Crippen LogP contribution is -2.36. The fourth-order valence-corrected chi connectivity index (χ4v) is 1.62. The zero-order valence-electron chi connectivity index (χ0n) is 11.7. The number of carbonyl (C=O) groups is 1. The van der Waals surface area contributed by atoms with Gasteiger partial charge in [-0.05, 0) is 19.1 Å². The smallest absolute Gasteiger partial charge is 0.338 e. The lowest BCUT2D eigenvalue weighted by molar-refractivity contribution is -0.384. The first kappa shape index (κ1) is 18.3. The number of nitrogens with one attached hydrogen (secondary N) is 1. The average Bonchev–Trinajstić information content (AvgIpc) is 2.35. The summed E-state index contributed by atoms with van der Waals surface area (Å²) in [5, 5.41) is 13.7. The molecule has 1 aromatic carbocycles. The Labute approximate surface area is 124 Å².